The molecule has 0 aliphatic rings. The molecule has 7 heteroatoms. The Bertz CT molecular complexity index is 883. The van der Waals surface area contributed by atoms with E-state index in [0.717, 1.165) is 17.1 Å². The molecule has 0 fully saturated rings. The highest BCUT2D eigenvalue weighted by atomic mass is 35.5. The summed E-state index contributed by atoms with van der Waals surface area (Å²) in [7, 11) is 1.63. The van der Waals surface area contributed by atoms with E-state index in [2.05, 4.69) is 15.4 Å². The highest BCUT2D eigenvalue weighted by molar-refractivity contribution is 6.31. The largest absolute Gasteiger partial charge is 0.497 e. The molecule has 0 spiro atoms. The van der Waals surface area contributed by atoms with Crippen LogP contribution in [0.5, 0.6) is 5.75 Å². The lowest BCUT2D eigenvalue weighted by atomic mass is 10.3. The lowest BCUT2D eigenvalue weighted by Crippen LogP contribution is -2.04. The second kappa shape index (κ2) is 7.02. The highest BCUT2D eigenvalue weighted by Crippen LogP contribution is 2.17. The zero-order valence-corrected chi connectivity index (χ0v) is 13.7. The summed E-state index contributed by atoms with van der Waals surface area (Å²) >= 11 is 5.87. The van der Waals surface area contributed by atoms with Crippen molar-refractivity contribution in [2.24, 2.45) is 0 Å². The first-order chi connectivity index (χ1) is 11.7. The van der Waals surface area contributed by atoms with Crippen LogP contribution in [0.1, 0.15) is 11.4 Å². The van der Waals surface area contributed by atoms with Crippen molar-refractivity contribution in [3.8, 4) is 17.5 Å². The minimum absolute atomic E-state index is 0.199. The summed E-state index contributed by atoms with van der Waals surface area (Å²) < 4.78 is 6.93. The summed E-state index contributed by atoms with van der Waals surface area (Å²) in [4.78, 5) is 4.14. The normalized spacial score (nSPS) is 10.2. The third kappa shape index (κ3) is 3.47. The number of nitrogens with one attached hydrogen (secondary N) is 1. The SMILES string of the molecule is COc1ccc(-n2ccc(CNc3ccc(Cl)c(C#N)n3)n2)cc1. The van der Waals surface area contributed by atoms with Crippen LogP contribution in [-0.4, -0.2) is 21.9 Å². The van der Waals surface area contributed by atoms with Gasteiger partial charge in [0.1, 0.15) is 17.6 Å². The summed E-state index contributed by atoms with van der Waals surface area (Å²) in [5.41, 5.74) is 1.99. The molecule has 2 heterocycles. The Morgan fingerprint density at radius 1 is 1.21 bits per heavy atom. The summed E-state index contributed by atoms with van der Waals surface area (Å²) in [5, 5.41) is 16.9. The molecule has 0 saturated heterocycles. The van der Waals surface area contributed by atoms with Crippen LogP contribution in [-0.2, 0) is 6.54 Å². The highest BCUT2D eigenvalue weighted by Gasteiger charge is 2.05. The lowest BCUT2D eigenvalue weighted by Gasteiger charge is -2.05. The second-order valence-electron chi connectivity index (χ2n) is 4.94. The predicted molar refractivity (Wildman–Crippen MR) is 91.4 cm³/mol. The van der Waals surface area contributed by atoms with Gasteiger partial charge < -0.3 is 10.1 Å². The molecular weight excluding hydrogens is 326 g/mol. The number of aromatic nitrogens is 3. The molecule has 0 saturated carbocycles. The van der Waals surface area contributed by atoms with E-state index in [1.54, 1.807) is 23.9 Å². The van der Waals surface area contributed by atoms with Crippen LogP contribution in [0.25, 0.3) is 5.69 Å². The molecule has 0 bridgehead atoms. The first-order valence-corrected chi connectivity index (χ1v) is 7.57. The Hall–Kier alpha value is -3.04. The molecule has 6 nitrogen and oxygen atoms in total. The van der Waals surface area contributed by atoms with Gasteiger partial charge in [-0.2, -0.15) is 10.4 Å². The van der Waals surface area contributed by atoms with Crippen molar-refractivity contribution in [2.75, 3.05) is 12.4 Å². The Morgan fingerprint density at radius 2 is 2.00 bits per heavy atom. The molecule has 0 unspecified atom stereocenters. The van der Waals surface area contributed by atoms with Crippen molar-refractivity contribution < 1.29 is 4.74 Å². The first kappa shape index (κ1) is 15.8. The molecule has 24 heavy (non-hydrogen) atoms. The predicted octanol–water partition coefficient (Wildman–Crippen LogP) is 3.41. The van der Waals surface area contributed by atoms with Gasteiger partial charge in [0.25, 0.3) is 0 Å². The number of anilines is 1. The third-order valence-electron chi connectivity index (χ3n) is 3.38. The van der Waals surface area contributed by atoms with E-state index < -0.39 is 0 Å². The van der Waals surface area contributed by atoms with Crippen LogP contribution in [0.3, 0.4) is 0 Å². The minimum Gasteiger partial charge on any atom is -0.497 e. The molecule has 0 atom stereocenters. The zero-order valence-electron chi connectivity index (χ0n) is 12.9. The van der Waals surface area contributed by atoms with E-state index in [1.165, 1.54) is 0 Å². The fourth-order valence-electron chi connectivity index (χ4n) is 2.13. The van der Waals surface area contributed by atoms with E-state index in [-0.39, 0.29) is 5.69 Å². The van der Waals surface area contributed by atoms with Crippen LogP contribution < -0.4 is 10.1 Å². The summed E-state index contributed by atoms with van der Waals surface area (Å²) in [6.45, 7) is 0.489. The summed E-state index contributed by atoms with van der Waals surface area (Å²) in [6, 6.07) is 14.9. The van der Waals surface area contributed by atoms with Gasteiger partial charge >= 0.3 is 0 Å². The number of pyridine rings is 1. The van der Waals surface area contributed by atoms with Gasteiger partial charge in [-0.1, -0.05) is 11.6 Å². The van der Waals surface area contributed by atoms with Gasteiger partial charge in [0.15, 0.2) is 5.69 Å². The fraction of sp³-hybridized carbons (Fsp3) is 0.118. The fourth-order valence-corrected chi connectivity index (χ4v) is 2.28. The minimum atomic E-state index is 0.199. The smallest absolute Gasteiger partial charge is 0.161 e. The second-order valence-corrected chi connectivity index (χ2v) is 5.35. The molecular formula is C17H14ClN5O. The van der Waals surface area contributed by atoms with E-state index in [9.17, 15) is 0 Å². The van der Waals surface area contributed by atoms with E-state index >= 15 is 0 Å². The maximum absolute atomic E-state index is 8.95. The summed E-state index contributed by atoms with van der Waals surface area (Å²) in [5.74, 6) is 1.38. The van der Waals surface area contributed by atoms with Gasteiger partial charge in [-0.15, -0.1) is 0 Å². The van der Waals surface area contributed by atoms with Crippen molar-refractivity contribution >= 4 is 17.4 Å². The summed E-state index contributed by atoms with van der Waals surface area (Å²) in [6.07, 6.45) is 1.88. The Kier molecular flexibility index (Phi) is 4.64. The standard InChI is InChI=1S/C17H14ClN5O/c1-24-14-4-2-13(3-5-14)23-9-8-12(22-23)11-20-17-7-6-15(18)16(10-19)21-17/h2-9H,11H2,1H3,(H,20,21). The molecule has 0 aliphatic heterocycles. The molecule has 0 aliphatic carbocycles. The first-order valence-electron chi connectivity index (χ1n) is 7.19. The number of hydrogen-bond acceptors (Lipinski definition) is 5. The van der Waals surface area contributed by atoms with E-state index in [4.69, 9.17) is 21.6 Å². The number of hydrogen-bond donors (Lipinski definition) is 1. The van der Waals surface area contributed by atoms with Crippen molar-refractivity contribution in [1.29, 1.82) is 5.26 Å². The average Bonchev–Trinajstić information content (AvgIpc) is 3.10. The maximum Gasteiger partial charge on any atom is 0.161 e. The van der Waals surface area contributed by atoms with Gasteiger partial charge in [0.2, 0.25) is 0 Å². The monoisotopic (exact) mass is 339 g/mol. The lowest BCUT2D eigenvalue weighted by molar-refractivity contribution is 0.414. The van der Waals surface area contributed by atoms with Crippen LogP contribution in [0, 0.1) is 11.3 Å². The van der Waals surface area contributed by atoms with Crippen molar-refractivity contribution in [2.45, 2.75) is 6.54 Å². The molecule has 1 aromatic carbocycles. The Balaban J connectivity index is 1.69. The molecule has 3 aromatic rings. The number of nitriles is 1. The van der Waals surface area contributed by atoms with Crippen LogP contribution in [0.15, 0.2) is 48.7 Å². The van der Waals surface area contributed by atoms with Crippen molar-refractivity contribution in [1.82, 2.24) is 14.8 Å². The van der Waals surface area contributed by atoms with Crippen LogP contribution >= 0.6 is 11.6 Å². The number of nitrogens with zero attached hydrogens (tertiary/aromatic N) is 4. The zero-order chi connectivity index (χ0) is 16.9. The van der Waals surface area contributed by atoms with Crippen LogP contribution in [0.2, 0.25) is 5.02 Å². The maximum atomic E-state index is 8.95. The van der Waals surface area contributed by atoms with Gasteiger partial charge in [-0.25, -0.2) is 9.67 Å². The number of methoxy groups -OCH3 is 1. The van der Waals surface area contributed by atoms with Crippen LogP contribution in [0.4, 0.5) is 5.82 Å². The van der Waals surface area contributed by atoms with Gasteiger partial charge in [-0.05, 0) is 42.5 Å². The molecule has 3 rings (SSSR count). The van der Waals surface area contributed by atoms with Gasteiger partial charge in [0, 0.05) is 6.20 Å². The Labute approximate surface area is 144 Å². The average molecular weight is 340 g/mol. The molecule has 2 aromatic heterocycles. The van der Waals surface area contributed by atoms with Gasteiger partial charge in [0.05, 0.1) is 30.1 Å². The molecule has 120 valence electrons. The number of halogens is 1. The number of ether oxygens (including phenoxy) is 1. The van der Waals surface area contributed by atoms with Crippen molar-refractivity contribution in [3.05, 3.63) is 65.1 Å². The topological polar surface area (TPSA) is 75.8 Å². The Morgan fingerprint density at radius 3 is 2.71 bits per heavy atom. The van der Waals surface area contributed by atoms with E-state index in [1.807, 2.05) is 42.6 Å². The van der Waals surface area contributed by atoms with E-state index in [0.29, 0.717) is 17.4 Å². The quantitative estimate of drug-likeness (QED) is 0.770. The number of rotatable bonds is 5. The molecule has 0 amide bonds. The van der Waals surface area contributed by atoms with Gasteiger partial charge in [-0.3, -0.25) is 0 Å². The molecule has 0 radical (unpaired) electrons. The third-order valence-corrected chi connectivity index (χ3v) is 3.69. The molecule has 1 N–H and O–H groups in total. The van der Waals surface area contributed by atoms with Crippen molar-refractivity contribution in [3.63, 3.8) is 0 Å². The number of benzene rings is 1.